The summed E-state index contributed by atoms with van der Waals surface area (Å²) < 4.78 is 0. The summed E-state index contributed by atoms with van der Waals surface area (Å²) in [5, 5.41) is 3.66. The fraction of sp³-hybridized carbons (Fsp3) is 1.00. The number of rotatable bonds is 6. The van der Waals surface area contributed by atoms with E-state index >= 15 is 0 Å². The molecular formula is C13H29N3. The summed E-state index contributed by atoms with van der Waals surface area (Å²) in [5.41, 5.74) is 0. The minimum Gasteiger partial charge on any atom is -0.313 e. The summed E-state index contributed by atoms with van der Waals surface area (Å²) in [4.78, 5) is 4.92. The van der Waals surface area contributed by atoms with Gasteiger partial charge in [0.25, 0.3) is 0 Å². The Labute approximate surface area is 101 Å². The summed E-state index contributed by atoms with van der Waals surface area (Å²) in [5.74, 6) is 0. The Bertz CT molecular complexity index is 171. The van der Waals surface area contributed by atoms with Crippen molar-refractivity contribution in [2.45, 2.75) is 38.6 Å². The molecule has 1 saturated heterocycles. The Hall–Kier alpha value is -0.120. The molecule has 0 aliphatic carbocycles. The molecule has 1 unspecified atom stereocenters. The monoisotopic (exact) mass is 227 g/mol. The Morgan fingerprint density at radius 3 is 2.88 bits per heavy atom. The maximum absolute atomic E-state index is 3.66. The summed E-state index contributed by atoms with van der Waals surface area (Å²) in [6.45, 7) is 8.49. The van der Waals surface area contributed by atoms with E-state index in [1.54, 1.807) is 0 Å². The van der Waals surface area contributed by atoms with Gasteiger partial charge in [-0.05, 0) is 59.5 Å². The lowest BCUT2D eigenvalue weighted by Gasteiger charge is -2.24. The minimum atomic E-state index is 0.729. The molecule has 0 saturated carbocycles. The van der Waals surface area contributed by atoms with Crippen molar-refractivity contribution >= 4 is 0 Å². The zero-order valence-corrected chi connectivity index (χ0v) is 11.3. The van der Waals surface area contributed by atoms with E-state index in [4.69, 9.17) is 0 Å². The van der Waals surface area contributed by atoms with E-state index in [9.17, 15) is 0 Å². The molecule has 96 valence electrons. The normalized spacial score (nSPS) is 23.6. The molecule has 0 spiro atoms. The largest absolute Gasteiger partial charge is 0.313 e. The van der Waals surface area contributed by atoms with Crippen LogP contribution < -0.4 is 5.32 Å². The molecule has 1 aliphatic heterocycles. The SMILES string of the molecule is CCCC1CN(CCCN(C)C)CCCN1. The highest BCUT2D eigenvalue weighted by Gasteiger charge is 2.16. The van der Waals surface area contributed by atoms with Crippen LogP contribution in [0.15, 0.2) is 0 Å². The molecule has 3 heteroatoms. The second kappa shape index (κ2) is 8.04. The lowest BCUT2D eigenvalue weighted by atomic mass is 10.1. The Kier molecular flexibility index (Phi) is 7.01. The van der Waals surface area contributed by atoms with E-state index in [0.29, 0.717) is 0 Å². The number of nitrogens with zero attached hydrogens (tertiary/aromatic N) is 2. The smallest absolute Gasteiger partial charge is 0.0194 e. The van der Waals surface area contributed by atoms with Crippen LogP contribution in [0, 0.1) is 0 Å². The Morgan fingerprint density at radius 2 is 2.19 bits per heavy atom. The van der Waals surface area contributed by atoms with Crippen molar-refractivity contribution in [2.24, 2.45) is 0 Å². The summed E-state index contributed by atoms with van der Waals surface area (Å²) >= 11 is 0. The van der Waals surface area contributed by atoms with Crippen LogP contribution in [0.2, 0.25) is 0 Å². The van der Waals surface area contributed by atoms with Crippen LogP contribution in [0.5, 0.6) is 0 Å². The molecule has 0 aromatic rings. The number of hydrogen-bond donors (Lipinski definition) is 1. The number of hydrogen-bond acceptors (Lipinski definition) is 3. The topological polar surface area (TPSA) is 18.5 Å². The molecule has 1 aliphatic rings. The van der Waals surface area contributed by atoms with Gasteiger partial charge < -0.3 is 15.1 Å². The second-order valence-electron chi connectivity index (χ2n) is 5.25. The van der Waals surface area contributed by atoms with Crippen LogP contribution in [0.25, 0.3) is 0 Å². The van der Waals surface area contributed by atoms with Crippen LogP contribution in [-0.2, 0) is 0 Å². The summed E-state index contributed by atoms with van der Waals surface area (Å²) in [6.07, 6.45) is 5.22. The van der Waals surface area contributed by atoms with Gasteiger partial charge in [0.1, 0.15) is 0 Å². The predicted molar refractivity (Wildman–Crippen MR) is 70.9 cm³/mol. The first-order valence-corrected chi connectivity index (χ1v) is 6.83. The van der Waals surface area contributed by atoms with Crippen molar-refractivity contribution < 1.29 is 0 Å². The van der Waals surface area contributed by atoms with E-state index in [2.05, 4.69) is 36.1 Å². The maximum atomic E-state index is 3.66. The predicted octanol–water partition coefficient (Wildman–Crippen LogP) is 1.40. The highest BCUT2D eigenvalue weighted by Crippen LogP contribution is 2.06. The van der Waals surface area contributed by atoms with Crippen LogP contribution in [-0.4, -0.2) is 62.7 Å². The molecule has 1 rings (SSSR count). The van der Waals surface area contributed by atoms with E-state index in [-0.39, 0.29) is 0 Å². The molecule has 1 fully saturated rings. The molecule has 0 bridgehead atoms. The third-order valence-electron chi connectivity index (χ3n) is 3.28. The highest BCUT2D eigenvalue weighted by molar-refractivity contribution is 4.76. The van der Waals surface area contributed by atoms with Crippen LogP contribution in [0.1, 0.15) is 32.6 Å². The average Bonchev–Trinajstić information content (AvgIpc) is 2.44. The van der Waals surface area contributed by atoms with E-state index in [1.807, 2.05) is 0 Å². The molecule has 1 atom stereocenters. The van der Waals surface area contributed by atoms with Crippen molar-refractivity contribution in [3.05, 3.63) is 0 Å². The van der Waals surface area contributed by atoms with Crippen molar-refractivity contribution in [1.82, 2.24) is 15.1 Å². The fourth-order valence-corrected chi connectivity index (χ4v) is 2.43. The quantitative estimate of drug-likeness (QED) is 0.740. The lowest BCUT2D eigenvalue weighted by Crippen LogP contribution is -2.38. The van der Waals surface area contributed by atoms with Crippen LogP contribution in [0.3, 0.4) is 0 Å². The van der Waals surface area contributed by atoms with Gasteiger partial charge in [-0.25, -0.2) is 0 Å². The Morgan fingerprint density at radius 1 is 1.38 bits per heavy atom. The van der Waals surface area contributed by atoms with Gasteiger partial charge in [-0.15, -0.1) is 0 Å². The summed E-state index contributed by atoms with van der Waals surface area (Å²) in [7, 11) is 4.31. The standard InChI is InChI=1S/C13H29N3/c1-4-7-13-12-16(10-5-8-14-13)11-6-9-15(2)3/h13-14H,4-12H2,1-3H3. The molecule has 3 nitrogen and oxygen atoms in total. The molecular weight excluding hydrogens is 198 g/mol. The molecule has 0 radical (unpaired) electrons. The van der Waals surface area contributed by atoms with Crippen molar-refractivity contribution in [2.75, 3.05) is 46.8 Å². The van der Waals surface area contributed by atoms with Gasteiger partial charge in [-0.1, -0.05) is 13.3 Å². The van der Waals surface area contributed by atoms with E-state index in [0.717, 1.165) is 6.04 Å². The van der Waals surface area contributed by atoms with E-state index in [1.165, 1.54) is 58.4 Å². The Balaban J connectivity index is 2.22. The third-order valence-corrected chi connectivity index (χ3v) is 3.28. The van der Waals surface area contributed by atoms with Crippen molar-refractivity contribution in [3.63, 3.8) is 0 Å². The van der Waals surface area contributed by atoms with Gasteiger partial charge in [0, 0.05) is 12.6 Å². The lowest BCUT2D eigenvalue weighted by molar-refractivity contribution is 0.246. The zero-order chi connectivity index (χ0) is 11.8. The van der Waals surface area contributed by atoms with Crippen LogP contribution in [0.4, 0.5) is 0 Å². The average molecular weight is 227 g/mol. The summed E-state index contributed by atoms with van der Waals surface area (Å²) in [6, 6.07) is 0.729. The highest BCUT2D eigenvalue weighted by atomic mass is 15.2. The fourth-order valence-electron chi connectivity index (χ4n) is 2.43. The van der Waals surface area contributed by atoms with Gasteiger partial charge in [0.05, 0.1) is 0 Å². The second-order valence-corrected chi connectivity index (χ2v) is 5.25. The van der Waals surface area contributed by atoms with Crippen molar-refractivity contribution in [3.8, 4) is 0 Å². The van der Waals surface area contributed by atoms with Crippen LogP contribution >= 0.6 is 0 Å². The van der Waals surface area contributed by atoms with Crippen molar-refractivity contribution in [1.29, 1.82) is 0 Å². The molecule has 1 heterocycles. The van der Waals surface area contributed by atoms with Gasteiger partial charge >= 0.3 is 0 Å². The third kappa shape index (κ3) is 5.83. The first-order chi connectivity index (χ1) is 7.72. The molecule has 0 aromatic carbocycles. The van der Waals surface area contributed by atoms with Gasteiger partial charge in [0.15, 0.2) is 0 Å². The molecule has 0 aromatic heterocycles. The first kappa shape index (κ1) is 13.9. The van der Waals surface area contributed by atoms with Gasteiger partial charge in [0.2, 0.25) is 0 Å². The van der Waals surface area contributed by atoms with E-state index < -0.39 is 0 Å². The minimum absolute atomic E-state index is 0.729. The van der Waals surface area contributed by atoms with Gasteiger partial charge in [-0.3, -0.25) is 0 Å². The maximum Gasteiger partial charge on any atom is 0.0194 e. The van der Waals surface area contributed by atoms with Gasteiger partial charge in [-0.2, -0.15) is 0 Å². The first-order valence-electron chi connectivity index (χ1n) is 6.83. The molecule has 16 heavy (non-hydrogen) atoms. The molecule has 1 N–H and O–H groups in total. The number of nitrogens with one attached hydrogen (secondary N) is 1. The molecule has 0 amide bonds. The zero-order valence-electron chi connectivity index (χ0n) is 11.3.